The maximum Gasteiger partial charge on any atom is 0.509 e. The Morgan fingerprint density at radius 1 is 1.47 bits per heavy atom. The summed E-state index contributed by atoms with van der Waals surface area (Å²) in [4.78, 5) is 10.8. The lowest BCUT2D eigenvalue weighted by Crippen LogP contribution is -2.18. The van der Waals surface area contributed by atoms with Gasteiger partial charge in [-0.1, -0.05) is 36.3 Å². The molecule has 0 fully saturated rings. The highest BCUT2D eigenvalue weighted by Crippen LogP contribution is 2.06. The van der Waals surface area contributed by atoms with E-state index in [1.165, 1.54) is 7.11 Å². The van der Waals surface area contributed by atoms with E-state index < -0.39 is 12.3 Å². The van der Waals surface area contributed by atoms with E-state index in [0.29, 0.717) is 6.42 Å². The zero-order valence-electron chi connectivity index (χ0n) is 8.47. The molecule has 1 unspecified atom stereocenters. The van der Waals surface area contributed by atoms with Crippen molar-refractivity contribution in [3.63, 3.8) is 0 Å². The molecule has 0 aliphatic rings. The highest BCUT2D eigenvalue weighted by molar-refractivity contribution is 5.60. The van der Waals surface area contributed by atoms with Crippen LogP contribution in [0.25, 0.3) is 0 Å². The molecule has 0 heterocycles. The van der Waals surface area contributed by atoms with Crippen LogP contribution < -0.4 is 0 Å². The second-order valence-corrected chi connectivity index (χ2v) is 2.92. The van der Waals surface area contributed by atoms with Crippen molar-refractivity contribution >= 4 is 6.16 Å². The summed E-state index contributed by atoms with van der Waals surface area (Å²) in [6.45, 7) is 0. The lowest BCUT2D eigenvalue weighted by Gasteiger charge is -2.10. The van der Waals surface area contributed by atoms with Gasteiger partial charge in [0.1, 0.15) is 0 Å². The Morgan fingerprint density at radius 3 is 2.67 bits per heavy atom. The SMILES string of the molecule is C#CC(Cc1ccccc1)OC(=O)OC. The van der Waals surface area contributed by atoms with Gasteiger partial charge in [-0.2, -0.15) is 0 Å². The summed E-state index contributed by atoms with van der Waals surface area (Å²) in [5.41, 5.74) is 1.02. The first-order chi connectivity index (χ1) is 7.26. The lowest BCUT2D eigenvalue weighted by atomic mass is 10.1. The van der Waals surface area contributed by atoms with Crippen LogP contribution in [0.5, 0.6) is 0 Å². The molecule has 0 bridgehead atoms. The van der Waals surface area contributed by atoms with Crippen molar-refractivity contribution in [3.05, 3.63) is 35.9 Å². The maximum absolute atomic E-state index is 10.8. The number of terminal acetylenes is 1. The molecule has 0 saturated heterocycles. The van der Waals surface area contributed by atoms with E-state index >= 15 is 0 Å². The van der Waals surface area contributed by atoms with E-state index in [9.17, 15) is 4.79 Å². The highest BCUT2D eigenvalue weighted by Gasteiger charge is 2.11. The maximum atomic E-state index is 10.8. The van der Waals surface area contributed by atoms with Gasteiger partial charge in [-0.3, -0.25) is 0 Å². The molecule has 0 aliphatic heterocycles. The van der Waals surface area contributed by atoms with Crippen molar-refractivity contribution in [3.8, 4) is 12.3 Å². The number of carbonyl (C=O) groups is 1. The molecular formula is C12H12O3. The molecule has 0 radical (unpaired) electrons. The molecule has 0 N–H and O–H groups in total. The zero-order chi connectivity index (χ0) is 11.1. The van der Waals surface area contributed by atoms with Crippen molar-refractivity contribution in [1.82, 2.24) is 0 Å². The Bertz CT molecular complexity index is 351. The summed E-state index contributed by atoms with van der Waals surface area (Å²) in [6.07, 6.45) is 4.39. The minimum absolute atomic E-state index is 0.493. The average molecular weight is 204 g/mol. The smallest absolute Gasteiger partial charge is 0.438 e. The summed E-state index contributed by atoms with van der Waals surface area (Å²) in [5.74, 6) is 2.39. The summed E-state index contributed by atoms with van der Waals surface area (Å²) in [6, 6.07) is 9.56. The van der Waals surface area contributed by atoms with Crippen LogP contribution in [0.3, 0.4) is 0 Å². The van der Waals surface area contributed by atoms with Gasteiger partial charge in [0.15, 0.2) is 6.10 Å². The standard InChI is InChI=1S/C12H12O3/c1-3-11(15-12(13)14-2)9-10-7-5-4-6-8-10/h1,4-8,11H,9H2,2H3. The van der Waals surface area contributed by atoms with Crippen LogP contribution in [-0.2, 0) is 15.9 Å². The second kappa shape index (κ2) is 5.71. The van der Waals surface area contributed by atoms with Crippen LogP contribution in [0.15, 0.2) is 30.3 Å². The first-order valence-corrected chi connectivity index (χ1v) is 4.51. The predicted molar refractivity (Wildman–Crippen MR) is 56.3 cm³/mol. The molecular weight excluding hydrogens is 192 g/mol. The fraction of sp³-hybridized carbons (Fsp3) is 0.250. The lowest BCUT2D eigenvalue weighted by molar-refractivity contribution is 0.0555. The third kappa shape index (κ3) is 3.74. The van der Waals surface area contributed by atoms with E-state index in [4.69, 9.17) is 11.2 Å². The minimum atomic E-state index is -0.756. The van der Waals surface area contributed by atoms with E-state index in [-0.39, 0.29) is 0 Å². The molecule has 15 heavy (non-hydrogen) atoms. The Morgan fingerprint density at radius 2 is 2.13 bits per heavy atom. The first kappa shape index (κ1) is 11.1. The molecule has 0 spiro atoms. The molecule has 0 aliphatic carbocycles. The van der Waals surface area contributed by atoms with Crippen LogP contribution in [0.1, 0.15) is 5.56 Å². The van der Waals surface area contributed by atoms with Gasteiger partial charge in [-0.05, 0) is 5.56 Å². The number of rotatable bonds is 3. The Labute approximate surface area is 89.0 Å². The topological polar surface area (TPSA) is 35.5 Å². The van der Waals surface area contributed by atoms with Gasteiger partial charge in [0, 0.05) is 6.42 Å². The van der Waals surface area contributed by atoms with E-state index in [0.717, 1.165) is 5.56 Å². The number of carbonyl (C=O) groups excluding carboxylic acids is 1. The molecule has 3 heteroatoms. The molecule has 3 nitrogen and oxygen atoms in total. The number of methoxy groups -OCH3 is 1. The third-order valence-electron chi connectivity index (χ3n) is 1.85. The van der Waals surface area contributed by atoms with Crippen molar-refractivity contribution < 1.29 is 14.3 Å². The van der Waals surface area contributed by atoms with Crippen LogP contribution in [-0.4, -0.2) is 19.4 Å². The van der Waals surface area contributed by atoms with Gasteiger partial charge >= 0.3 is 6.16 Å². The number of hydrogen-bond donors (Lipinski definition) is 0. The van der Waals surface area contributed by atoms with Gasteiger partial charge in [0.25, 0.3) is 0 Å². The van der Waals surface area contributed by atoms with Crippen LogP contribution in [0.4, 0.5) is 4.79 Å². The highest BCUT2D eigenvalue weighted by atomic mass is 16.7. The third-order valence-corrected chi connectivity index (χ3v) is 1.85. The number of hydrogen-bond acceptors (Lipinski definition) is 3. The Kier molecular flexibility index (Phi) is 4.24. The predicted octanol–water partition coefficient (Wildman–Crippen LogP) is 2.01. The fourth-order valence-electron chi connectivity index (χ4n) is 1.13. The molecule has 0 aromatic heterocycles. The summed E-state index contributed by atoms with van der Waals surface area (Å²) < 4.78 is 9.22. The van der Waals surface area contributed by atoms with Gasteiger partial charge in [0.05, 0.1) is 7.11 Å². The fourth-order valence-corrected chi connectivity index (χ4v) is 1.13. The molecule has 0 saturated carbocycles. The number of ether oxygens (including phenoxy) is 2. The van der Waals surface area contributed by atoms with E-state index in [1.54, 1.807) is 0 Å². The normalized spacial score (nSPS) is 11.2. The van der Waals surface area contributed by atoms with Gasteiger partial charge in [-0.15, -0.1) is 6.42 Å². The summed E-state index contributed by atoms with van der Waals surface area (Å²) in [7, 11) is 1.25. The largest absolute Gasteiger partial charge is 0.509 e. The molecule has 1 atom stereocenters. The van der Waals surface area contributed by atoms with Crippen molar-refractivity contribution in [2.24, 2.45) is 0 Å². The first-order valence-electron chi connectivity index (χ1n) is 4.51. The monoisotopic (exact) mass is 204 g/mol. The quantitative estimate of drug-likeness (QED) is 0.558. The summed E-state index contributed by atoms with van der Waals surface area (Å²) >= 11 is 0. The van der Waals surface area contributed by atoms with Gasteiger partial charge in [-0.25, -0.2) is 4.79 Å². The van der Waals surface area contributed by atoms with Crippen LogP contribution >= 0.6 is 0 Å². The summed E-state index contributed by atoms with van der Waals surface area (Å²) in [5, 5.41) is 0. The second-order valence-electron chi connectivity index (χ2n) is 2.92. The van der Waals surface area contributed by atoms with E-state index in [1.807, 2.05) is 30.3 Å². The minimum Gasteiger partial charge on any atom is -0.438 e. The molecule has 1 aromatic rings. The Hall–Kier alpha value is -1.95. The average Bonchev–Trinajstić information content (AvgIpc) is 2.29. The zero-order valence-corrected chi connectivity index (χ0v) is 8.47. The van der Waals surface area contributed by atoms with E-state index in [2.05, 4.69) is 10.7 Å². The molecule has 1 aromatic carbocycles. The van der Waals surface area contributed by atoms with Crippen molar-refractivity contribution in [2.75, 3.05) is 7.11 Å². The van der Waals surface area contributed by atoms with Crippen molar-refractivity contribution in [1.29, 1.82) is 0 Å². The molecule has 0 amide bonds. The number of benzene rings is 1. The van der Waals surface area contributed by atoms with Crippen LogP contribution in [0, 0.1) is 12.3 Å². The van der Waals surface area contributed by atoms with Crippen molar-refractivity contribution in [2.45, 2.75) is 12.5 Å². The molecule has 1 rings (SSSR count). The molecule has 78 valence electrons. The van der Waals surface area contributed by atoms with Crippen LogP contribution in [0.2, 0.25) is 0 Å². The Balaban J connectivity index is 2.55. The van der Waals surface area contributed by atoms with Gasteiger partial charge < -0.3 is 9.47 Å². The van der Waals surface area contributed by atoms with Gasteiger partial charge in [0.2, 0.25) is 0 Å².